The molecule has 0 aromatic carbocycles. The summed E-state index contributed by atoms with van der Waals surface area (Å²) < 4.78 is 31.3. The Hall–Kier alpha value is -0.170. The Balaban J connectivity index is 2.39. The second-order valence-electron chi connectivity index (χ2n) is 2.58. The zero-order chi connectivity index (χ0) is 9.03. The van der Waals surface area contributed by atoms with Crippen LogP contribution in [-0.2, 0) is 19.0 Å². The third-order valence-corrected chi connectivity index (χ3v) is 2.89. The standard InChI is InChI=1S/C6H13NO4S/c1-10-12(8,9)6-7-2-4-11-5-3-7/h2-6H2,1H3. The Labute approximate surface area is 72.4 Å². The van der Waals surface area contributed by atoms with Crippen LogP contribution in [0.15, 0.2) is 0 Å². The van der Waals surface area contributed by atoms with Gasteiger partial charge in [-0.3, -0.25) is 9.08 Å². The third kappa shape index (κ3) is 3.06. The van der Waals surface area contributed by atoms with Gasteiger partial charge in [-0.1, -0.05) is 0 Å². The van der Waals surface area contributed by atoms with E-state index in [0.717, 1.165) is 0 Å². The summed E-state index contributed by atoms with van der Waals surface area (Å²) in [6.45, 7) is 2.50. The highest BCUT2D eigenvalue weighted by molar-refractivity contribution is 7.86. The zero-order valence-corrected chi connectivity index (χ0v) is 7.84. The first-order chi connectivity index (χ1) is 5.64. The first-order valence-corrected chi connectivity index (χ1v) is 5.30. The molecule has 0 bridgehead atoms. The number of ether oxygens (including phenoxy) is 1. The van der Waals surface area contributed by atoms with Gasteiger partial charge >= 0.3 is 0 Å². The molecule has 1 aliphatic rings. The average molecular weight is 195 g/mol. The highest BCUT2D eigenvalue weighted by Gasteiger charge is 2.17. The van der Waals surface area contributed by atoms with E-state index in [9.17, 15) is 8.42 Å². The Morgan fingerprint density at radius 2 is 2.00 bits per heavy atom. The summed E-state index contributed by atoms with van der Waals surface area (Å²) in [5.74, 6) is -0.0349. The van der Waals surface area contributed by atoms with E-state index in [0.29, 0.717) is 26.3 Å². The van der Waals surface area contributed by atoms with Crippen LogP contribution in [0.4, 0.5) is 0 Å². The van der Waals surface area contributed by atoms with Crippen LogP contribution in [0.3, 0.4) is 0 Å². The number of hydrogen-bond acceptors (Lipinski definition) is 5. The lowest BCUT2D eigenvalue weighted by atomic mass is 10.5. The first-order valence-electron chi connectivity index (χ1n) is 3.72. The van der Waals surface area contributed by atoms with Gasteiger partial charge in [0.25, 0.3) is 10.1 Å². The molecule has 1 heterocycles. The maximum absolute atomic E-state index is 11.0. The molecule has 1 aliphatic heterocycles. The topological polar surface area (TPSA) is 55.8 Å². The van der Waals surface area contributed by atoms with E-state index >= 15 is 0 Å². The van der Waals surface area contributed by atoms with Gasteiger partial charge in [0.2, 0.25) is 0 Å². The SMILES string of the molecule is COS(=O)(=O)CN1CCOCC1. The third-order valence-electron chi connectivity index (χ3n) is 1.70. The zero-order valence-electron chi connectivity index (χ0n) is 7.02. The van der Waals surface area contributed by atoms with Crippen molar-refractivity contribution in [3.05, 3.63) is 0 Å². The van der Waals surface area contributed by atoms with Crippen LogP contribution in [0.25, 0.3) is 0 Å². The van der Waals surface area contributed by atoms with Crippen LogP contribution in [0, 0.1) is 0 Å². The molecule has 0 saturated carbocycles. The molecule has 1 saturated heterocycles. The maximum atomic E-state index is 11.0. The molecule has 0 N–H and O–H groups in total. The molecular weight excluding hydrogens is 182 g/mol. The van der Waals surface area contributed by atoms with E-state index in [1.807, 2.05) is 0 Å². The van der Waals surface area contributed by atoms with Crippen molar-refractivity contribution >= 4 is 10.1 Å². The number of morpholine rings is 1. The molecular formula is C6H13NO4S. The van der Waals surface area contributed by atoms with Crippen molar-refractivity contribution in [3.8, 4) is 0 Å². The van der Waals surface area contributed by atoms with E-state index in [1.54, 1.807) is 4.90 Å². The minimum absolute atomic E-state index is 0.0349. The smallest absolute Gasteiger partial charge is 0.280 e. The van der Waals surface area contributed by atoms with Gasteiger partial charge in [-0.05, 0) is 0 Å². The molecule has 6 heteroatoms. The molecule has 1 rings (SSSR count). The lowest BCUT2D eigenvalue weighted by Gasteiger charge is -2.25. The van der Waals surface area contributed by atoms with E-state index in [2.05, 4.69) is 4.18 Å². The van der Waals surface area contributed by atoms with Crippen molar-refractivity contribution in [2.75, 3.05) is 39.3 Å². The Kier molecular flexibility index (Phi) is 3.45. The molecule has 0 radical (unpaired) electrons. The molecule has 0 amide bonds. The van der Waals surface area contributed by atoms with Crippen LogP contribution < -0.4 is 0 Å². The molecule has 0 spiro atoms. The highest BCUT2D eigenvalue weighted by atomic mass is 32.2. The monoisotopic (exact) mass is 195 g/mol. The molecule has 0 atom stereocenters. The predicted molar refractivity (Wildman–Crippen MR) is 43.2 cm³/mol. The minimum Gasteiger partial charge on any atom is -0.379 e. The first kappa shape index (κ1) is 9.91. The summed E-state index contributed by atoms with van der Waals surface area (Å²) in [6.07, 6.45) is 0. The second-order valence-corrected chi connectivity index (χ2v) is 4.29. The number of hydrogen-bond donors (Lipinski definition) is 0. The predicted octanol–water partition coefficient (Wildman–Crippen LogP) is -0.748. The van der Waals surface area contributed by atoms with Gasteiger partial charge in [-0.25, -0.2) is 0 Å². The van der Waals surface area contributed by atoms with Crippen LogP contribution in [0.5, 0.6) is 0 Å². The van der Waals surface area contributed by atoms with Crippen LogP contribution in [0.1, 0.15) is 0 Å². The van der Waals surface area contributed by atoms with Crippen molar-refractivity contribution < 1.29 is 17.3 Å². The van der Waals surface area contributed by atoms with Crippen LogP contribution >= 0.6 is 0 Å². The quantitative estimate of drug-likeness (QED) is 0.555. The Bertz CT molecular complexity index is 220. The lowest BCUT2D eigenvalue weighted by Crippen LogP contribution is -2.39. The molecule has 1 fully saturated rings. The fraction of sp³-hybridized carbons (Fsp3) is 1.00. The molecule has 72 valence electrons. The van der Waals surface area contributed by atoms with Gasteiger partial charge in [-0.2, -0.15) is 8.42 Å². The molecule has 0 unspecified atom stereocenters. The van der Waals surface area contributed by atoms with E-state index in [4.69, 9.17) is 4.74 Å². The lowest BCUT2D eigenvalue weighted by molar-refractivity contribution is 0.0455. The van der Waals surface area contributed by atoms with Gasteiger partial charge in [0, 0.05) is 13.1 Å². The normalized spacial score (nSPS) is 21.1. The number of nitrogens with zero attached hydrogens (tertiary/aromatic N) is 1. The van der Waals surface area contributed by atoms with Crippen molar-refractivity contribution in [3.63, 3.8) is 0 Å². The van der Waals surface area contributed by atoms with Gasteiger partial charge in [0.15, 0.2) is 0 Å². The summed E-state index contributed by atoms with van der Waals surface area (Å²) >= 11 is 0. The van der Waals surface area contributed by atoms with E-state index < -0.39 is 10.1 Å². The van der Waals surface area contributed by atoms with Gasteiger partial charge in [-0.15, -0.1) is 0 Å². The van der Waals surface area contributed by atoms with Crippen molar-refractivity contribution in [2.24, 2.45) is 0 Å². The van der Waals surface area contributed by atoms with Gasteiger partial charge in [0.1, 0.15) is 5.88 Å². The summed E-state index contributed by atoms with van der Waals surface area (Å²) in [7, 11) is -2.17. The summed E-state index contributed by atoms with van der Waals surface area (Å²) in [5, 5.41) is 0. The van der Waals surface area contributed by atoms with E-state index in [1.165, 1.54) is 7.11 Å². The van der Waals surface area contributed by atoms with E-state index in [-0.39, 0.29) is 5.88 Å². The second kappa shape index (κ2) is 4.18. The number of rotatable bonds is 3. The molecule has 0 aromatic rings. The summed E-state index contributed by atoms with van der Waals surface area (Å²) in [6, 6.07) is 0. The summed E-state index contributed by atoms with van der Waals surface area (Å²) in [4.78, 5) is 1.79. The van der Waals surface area contributed by atoms with Crippen molar-refractivity contribution in [2.45, 2.75) is 0 Å². The van der Waals surface area contributed by atoms with Crippen LogP contribution in [-0.4, -0.2) is 52.6 Å². The highest BCUT2D eigenvalue weighted by Crippen LogP contribution is 2.00. The average Bonchev–Trinajstić information content (AvgIpc) is 2.06. The molecule has 5 nitrogen and oxygen atoms in total. The molecule has 12 heavy (non-hydrogen) atoms. The maximum Gasteiger partial charge on any atom is 0.280 e. The van der Waals surface area contributed by atoms with Crippen LogP contribution in [0.2, 0.25) is 0 Å². The summed E-state index contributed by atoms with van der Waals surface area (Å²) in [5.41, 5.74) is 0. The van der Waals surface area contributed by atoms with Gasteiger partial charge < -0.3 is 4.74 Å². The Morgan fingerprint density at radius 3 is 2.50 bits per heavy atom. The van der Waals surface area contributed by atoms with Crippen molar-refractivity contribution in [1.82, 2.24) is 4.90 Å². The van der Waals surface area contributed by atoms with Crippen molar-refractivity contribution in [1.29, 1.82) is 0 Å². The molecule has 0 aliphatic carbocycles. The van der Waals surface area contributed by atoms with Gasteiger partial charge in [0.05, 0.1) is 20.3 Å². The largest absolute Gasteiger partial charge is 0.379 e. The Morgan fingerprint density at radius 1 is 1.42 bits per heavy atom. The fourth-order valence-corrected chi connectivity index (χ4v) is 1.82. The molecule has 0 aromatic heterocycles. The fourth-order valence-electron chi connectivity index (χ4n) is 1.01. The minimum atomic E-state index is -3.35.